The van der Waals surface area contributed by atoms with Crippen molar-refractivity contribution in [2.45, 2.75) is 45.3 Å². The van der Waals surface area contributed by atoms with Gasteiger partial charge in [0.25, 0.3) is 0 Å². The van der Waals surface area contributed by atoms with E-state index in [0.717, 1.165) is 32.6 Å². The molecule has 2 unspecified atom stereocenters. The molecule has 2 aliphatic heterocycles. The van der Waals surface area contributed by atoms with Gasteiger partial charge in [0.1, 0.15) is 0 Å². The third-order valence-corrected chi connectivity index (χ3v) is 3.76. The first-order chi connectivity index (χ1) is 7.05. The van der Waals surface area contributed by atoms with Crippen molar-refractivity contribution in [3.63, 3.8) is 0 Å². The van der Waals surface area contributed by atoms with Crippen LogP contribution in [0.15, 0.2) is 0 Å². The van der Waals surface area contributed by atoms with Gasteiger partial charge in [-0.05, 0) is 31.2 Å². The second kappa shape index (κ2) is 4.40. The van der Waals surface area contributed by atoms with E-state index in [-0.39, 0.29) is 6.10 Å². The average molecular weight is 212 g/mol. The minimum Gasteiger partial charge on any atom is -0.392 e. The van der Waals surface area contributed by atoms with Gasteiger partial charge in [0.15, 0.2) is 0 Å². The lowest BCUT2D eigenvalue weighted by Gasteiger charge is -2.37. The van der Waals surface area contributed by atoms with E-state index in [1.807, 2.05) is 0 Å². The van der Waals surface area contributed by atoms with Crippen molar-refractivity contribution < 1.29 is 5.11 Å². The van der Waals surface area contributed by atoms with Gasteiger partial charge in [-0.2, -0.15) is 0 Å². The Hall–Kier alpha value is -0.120. The van der Waals surface area contributed by atoms with Gasteiger partial charge in [-0.1, -0.05) is 13.8 Å². The molecule has 2 atom stereocenters. The highest BCUT2D eigenvalue weighted by Gasteiger charge is 2.30. The van der Waals surface area contributed by atoms with Crippen LogP contribution in [0.25, 0.3) is 0 Å². The van der Waals surface area contributed by atoms with Gasteiger partial charge in [-0.3, -0.25) is 4.90 Å². The summed E-state index contributed by atoms with van der Waals surface area (Å²) in [4.78, 5) is 2.39. The maximum absolute atomic E-state index is 9.47. The highest BCUT2D eigenvalue weighted by molar-refractivity contribution is 4.87. The second-order valence-corrected chi connectivity index (χ2v) is 5.97. The van der Waals surface area contributed by atoms with Crippen molar-refractivity contribution in [1.29, 1.82) is 0 Å². The molecule has 3 nitrogen and oxygen atoms in total. The Morgan fingerprint density at radius 3 is 2.87 bits per heavy atom. The first-order valence-electron chi connectivity index (χ1n) is 6.19. The Balaban J connectivity index is 1.79. The van der Waals surface area contributed by atoms with E-state index >= 15 is 0 Å². The number of nitrogens with one attached hydrogen (secondary N) is 1. The predicted octanol–water partition coefficient (Wildman–Crippen LogP) is 0.831. The zero-order valence-electron chi connectivity index (χ0n) is 10.00. The van der Waals surface area contributed by atoms with Gasteiger partial charge in [0, 0.05) is 25.7 Å². The van der Waals surface area contributed by atoms with E-state index < -0.39 is 0 Å². The van der Waals surface area contributed by atoms with Gasteiger partial charge in [-0.15, -0.1) is 0 Å². The molecule has 2 heterocycles. The van der Waals surface area contributed by atoms with Crippen LogP contribution < -0.4 is 5.32 Å². The lowest BCUT2D eigenvalue weighted by molar-refractivity contribution is 0.150. The van der Waals surface area contributed by atoms with E-state index in [4.69, 9.17) is 0 Å². The highest BCUT2D eigenvalue weighted by atomic mass is 16.3. The molecule has 2 fully saturated rings. The fraction of sp³-hybridized carbons (Fsp3) is 1.00. The summed E-state index contributed by atoms with van der Waals surface area (Å²) in [7, 11) is 0. The summed E-state index contributed by atoms with van der Waals surface area (Å²) in [5.41, 5.74) is 0.494. The molecular weight excluding hydrogens is 188 g/mol. The quantitative estimate of drug-likeness (QED) is 0.712. The van der Waals surface area contributed by atoms with Crippen LogP contribution in [0, 0.1) is 5.41 Å². The molecule has 0 aliphatic carbocycles. The highest BCUT2D eigenvalue weighted by Crippen LogP contribution is 2.30. The average Bonchev–Trinajstić information content (AvgIpc) is 2.49. The van der Waals surface area contributed by atoms with Crippen molar-refractivity contribution in [2.75, 3.05) is 26.2 Å². The number of nitrogens with zero attached hydrogens (tertiary/aromatic N) is 1. The van der Waals surface area contributed by atoms with Crippen LogP contribution in [0.3, 0.4) is 0 Å². The molecule has 3 heteroatoms. The summed E-state index contributed by atoms with van der Waals surface area (Å²) in [5.74, 6) is 0. The number of rotatable bonds is 2. The van der Waals surface area contributed by atoms with E-state index in [1.54, 1.807) is 0 Å². The fourth-order valence-electron chi connectivity index (χ4n) is 2.87. The summed E-state index contributed by atoms with van der Waals surface area (Å²) in [6.45, 7) is 8.92. The number of likely N-dealkylation sites (tertiary alicyclic amines) is 1. The lowest BCUT2D eigenvalue weighted by atomic mass is 9.79. The van der Waals surface area contributed by atoms with Crippen LogP contribution in [0.2, 0.25) is 0 Å². The molecule has 0 aromatic rings. The Morgan fingerprint density at radius 1 is 1.47 bits per heavy atom. The van der Waals surface area contributed by atoms with Gasteiger partial charge < -0.3 is 10.4 Å². The van der Waals surface area contributed by atoms with Gasteiger partial charge >= 0.3 is 0 Å². The van der Waals surface area contributed by atoms with Crippen molar-refractivity contribution in [2.24, 2.45) is 5.41 Å². The number of aliphatic hydroxyl groups excluding tert-OH is 1. The molecule has 0 saturated carbocycles. The molecule has 0 radical (unpaired) electrons. The van der Waals surface area contributed by atoms with Crippen LogP contribution >= 0.6 is 0 Å². The minimum absolute atomic E-state index is 0.0819. The van der Waals surface area contributed by atoms with E-state index in [9.17, 15) is 5.11 Å². The van der Waals surface area contributed by atoms with Crippen molar-refractivity contribution >= 4 is 0 Å². The molecule has 2 aliphatic rings. The van der Waals surface area contributed by atoms with Crippen LogP contribution in [-0.4, -0.2) is 48.3 Å². The Labute approximate surface area is 92.8 Å². The summed E-state index contributed by atoms with van der Waals surface area (Å²) >= 11 is 0. The molecule has 88 valence electrons. The molecule has 0 aromatic carbocycles. The summed E-state index contributed by atoms with van der Waals surface area (Å²) < 4.78 is 0. The maximum Gasteiger partial charge on any atom is 0.0679 e. The zero-order chi connectivity index (χ0) is 10.9. The molecule has 0 spiro atoms. The summed E-state index contributed by atoms with van der Waals surface area (Å²) in [6.07, 6.45) is 3.42. The molecule has 0 amide bonds. The van der Waals surface area contributed by atoms with Crippen molar-refractivity contribution in [1.82, 2.24) is 10.2 Å². The van der Waals surface area contributed by atoms with Crippen LogP contribution in [0.4, 0.5) is 0 Å². The summed E-state index contributed by atoms with van der Waals surface area (Å²) in [6, 6.07) is 0.624. The molecule has 15 heavy (non-hydrogen) atoms. The normalized spacial score (nSPS) is 37.0. The topological polar surface area (TPSA) is 35.5 Å². The maximum atomic E-state index is 9.47. The Kier molecular flexibility index (Phi) is 3.33. The van der Waals surface area contributed by atoms with Crippen LogP contribution in [-0.2, 0) is 0 Å². The number of hydrogen-bond donors (Lipinski definition) is 2. The van der Waals surface area contributed by atoms with Crippen molar-refractivity contribution in [3.8, 4) is 0 Å². The minimum atomic E-state index is -0.0819. The molecule has 0 bridgehead atoms. The monoisotopic (exact) mass is 212 g/mol. The molecule has 2 N–H and O–H groups in total. The fourth-order valence-corrected chi connectivity index (χ4v) is 2.87. The van der Waals surface area contributed by atoms with E-state index in [2.05, 4.69) is 24.1 Å². The third kappa shape index (κ3) is 3.16. The third-order valence-electron chi connectivity index (χ3n) is 3.76. The van der Waals surface area contributed by atoms with E-state index in [0.29, 0.717) is 11.5 Å². The first kappa shape index (κ1) is 11.4. The smallest absolute Gasteiger partial charge is 0.0679 e. The largest absolute Gasteiger partial charge is 0.392 e. The number of piperidine rings is 1. The number of hydrogen-bond acceptors (Lipinski definition) is 3. The van der Waals surface area contributed by atoms with Crippen LogP contribution in [0.1, 0.15) is 33.1 Å². The van der Waals surface area contributed by atoms with E-state index in [1.165, 1.54) is 12.8 Å². The Bertz CT molecular complexity index is 218. The van der Waals surface area contributed by atoms with Crippen molar-refractivity contribution in [3.05, 3.63) is 0 Å². The number of aliphatic hydroxyl groups is 1. The van der Waals surface area contributed by atoms with Gasteiger partial charge in [0.05, 0.1) is 6.10 Å². The SMILES string of the molecule is CC1(C)CCNC(CN2CCC(O)C2)C1. The molecule has 2 saturated heterocycles. The van der Waals surface area contributed by atoms with Gasteiger partial charge in [0.2, 0.25) is 0 Å². The molecule has 0 aromatic heterocycles. The number of β-amino-alcohol motifs (C(OH)–C–C–N with tert-alkyl or cyclic N) is 1. The molecular formula is C12H24N2O. The predicted molar refractivity (Wildman–Crippen MR) is 61.9 cm³/mol. The molecule has 2 rings (SSSR count). The second-order valence-electron chi connectivity index (χ2n) is 5.97. The van der Waals surface area contributed by atoms with Gasteiger partial charge in [-0.25, -0.2) is 0 Å². The standard InChI is InChI=1S/C12H24N2O/c1-12(2)4-5-13-10(7-12)8-14-6-3-11(15)9-14/h10-11,13,15H,3-9H2,1-2H3. The first-order valence-corrected chi connectivity index (χ1v) is 6.19. The Morgan fingerprint density at radius 2 is 2.27 bits per heavy atom. The zero-order valence-corrected chi connectivity index (χ0v) is 10.00. The summed E-state index contributed by atoms with van der Waals surface area (Å²) in [5, 5.41) is 13.1. The van der Waals surface area contributed by atoms with Crippen LogP contribution in [0.5, 0.6) is 0 Å². The lowest BCUT2D eigenvalue weighted by Crippen LogP contribution is -2.47.